The Hall–Kier alpha value is -3.37. The molecule has 2 heterocycles. The van der Waals surface area contributed by atoms with Crippen molar-refractivity contribution in [2.45, 2.75) is 19.3 Å². The van der Waals surface area contributed by atoms with Crippen LogP contribution >= 0.6 is 0 Å². The van der Waals surface area contributed by atoms with Gasteiger partial charge in [0.05, 0.1) is 12.1 Å². The average Bonchev–Trinajstić information content (AvgIpc) is 2.91. The van der Waals surface area contributed by atoms with Crippen molar-refractivity contribution >= 4 is 17.0 Å². The number of hydrogen-bond donors (Lipinski definition) is 1. The summed E-state index contributed by atoms with van der Waals surface area (Å²) in [5.74, 6) is -1.27. The first kappa shape index (κ1) is 18.4. The Balaban J connectivity index is 1.64. The van der Waals surface area contributed by atoms with Gasteiger partial charge in [-0.2, -0.15) is 18.3 Å². The first-order valence-corrected chi connectivity index (χ1v) is 7.76. The van der Waals surface area contributed by atoms with Crippen molar-refractivity contribution in [3.05, 3.63) is 63.0 Å². The zero-order valence-corrected chi connectivity index (χ0v) is 13.7. The van der Waals surface area contributed by atoms with Crippen molar-refractivity contribution in [1.29, 1.82) is 0 Å². The summed E-state index contributed by atoms with van der Waals surface area (Å²) in [7, 11) is 0. The summed E-state index contributed by atoms with van der Waals surface area (Å²) in [4.78, 5) is 35.4. The van der Waals surface area contributed by atoms with Crippen molar-refractivity contribution in [3.8, 4) is 0 Å². The minimum absolute atomic E-state index is 0.141. The molecule has 11 heteroatoms. The van der Waals surface area contributed by atoms with Gasteiger partial charge in [0.15, 0.2) is 11.3 Å². The number of amides is 1. The average molecular weight is 382 g/mol. The molecular formula is C16H13F3N4O4. The number of fused-ring (bicyclic) bond motifs is 1. The standard InChI is InChI=1S/C16H13F3N4O4/c17-16(18,19)12-5-6-14(25)23(21-12)8-7-20-13(24)9-22-10-3-1-2-4-11(10)27-15(22)26/h1-6H,7-9H2,(H,20,24). The normalized spacial score (nSPS) is 11.7. The summed E-state index contributed by atoms with van der Waals surface area (Å²) >= 11 is 0. The zero-order valence-electron chi connectivity index (χ0n) is 13.7. The molecule has 0 saturated heterocycles. The van der Waals surface area contributed by atoms with Gasteiger partial charge < -0.3 is 9.73 Å². The number of carbonyl (C=O) groups is 1. The van der Waals surface area contributed by atoms with Crippen LogP contribution in [0.15, 0.2) is 50.4 Å². The smallest absolute Gasteiger partial charge is 0.408 e. The van der Waals surface area contributed by atoms with Crippen LogP contribution in [-0.4, -0.2) is 26.8 Å². The van der Waals surface area contributed by atoms with Gasteiger partial charge in [0.1, 0.15) is 6.54 Å². The number of hydrogen-bond acceptors (Lipinski definition) is 5. The number of carbonyl (C=O) groups excluding carboxylic acids is 1. The summed E-state index contributed by atoms with van der Waals surface area (Å²) in [5, 5.41) is 5.65. The highest BCUT2D eigenvalue weighted by molar-refractivity contribution is 5.79. The maximum Gasteiger partial charge on any atom is 0.435 e. The number of para-hydroxylation sites is 2. The van der Waals surface area contributed by atoms with Crippen LogP contribution < -0.4 is 16.6 Å². The molecule has 0 fully saturated rings. The number of aromatic nitrogens is 3. The number of rotatable bonds is 5. The first-order valence-electron chi connectivity index (χ1n) is 7.76. The van der Waals surface area contributed by atoms with E-state index < -0.39 is 29.1 Å². The molecule has 27 heavy (non-hydrogen) atoms. The van der Waals surface area contributed by atoms with E-state index in [-0.39, 0.29) is 19.6 Å². The largest absolute Gasteiger partial charge is 0.435 e. The van der Waals surface area contributed by atoms with E-state index in [2.05, 4.69) is 10.4 Å². The maximum atomic E-state index is 12.6. The van der Waals surface area contributed by atoms with Crippen molar-refractivity contribution in [2.75, 3.05) is 6.54 Å². The summed E-state index contributed by atoms with van der Waals surface area (Å²) in [6, 6.07) is 7.89. The van der Waals surface area contributed by atoms with Gasteiger partial charge in [0.2, 0.25) is 5.91 Å². The zero-order chi connectivity index (χ0) is 19.6. The molecule has 142 valence electrons. The molecule has 1 aromatic carbocycles. The van der Waals surface area contributed by atoms with E-state index in [0.717, 1.165) is 10.6 Å². The lowest BCUT2D eigenvalue weighted by molar-refractivity contribution is -0.142. The van der Waals surface area contributed by atoms with Crippen LogP contribution in [0.25, 0.3) is 11.1 Å². The van der Waals surface area contributed by atoms with Crippen molar-refractivity contribution in [3.63, 3.8) is 0 Å². The number of alkyl halides is 3. The molecule has 0 aliphatic heterocycles. The van der Waals surface area contributed by atoms with Gasteiger partial charge in [-0.05, 0) is 18.2 Å². The summed E-state index contributed by atoms with van der Waals surface area (Å²) in [6.45, 7) is -0.728. The molecule has 0 atom stereocenters. The van der Waals surface area contributed by atoms with E-state index in [1.807, 2.05) is 0 Å². The van der Waals surface area contributed by atoms with Crippen LogP contribution in [0, 0.1) is 0 Å². The predicted molar refractivity (Wildman–Crippen MR) is 87.0 cm³/mol. The fourth-order valence-electron chi connectivity index (χ4n) is 2.42. The van der Waals surface area contributed by atoms with E-state index in [1.54, 1.807) is 24.3 Å². The molecule has 0 radical (unpaired) electrons. The SMILES string of the molecule is O=C(Cn1c(=O)oc2ccccc21)NCCn1nc(C(F)(F)F)ccc1=O. The Kier molecular flexibility index (Phi) is 4.84. The number of halogens is 3. The molecule has 8 nitrogen and oxygen atoms in total. The topological polar surface area (TPSA) is 99.1 Å². The lowest BCUT2D eigenvalue weighted by atomic mass is 10.3. The molecular weight excluding hydrogens is 369 g/mol. The number of oxazole rings is 1. The minimum atomic E-state index is -4.68. The van der Waals surface area contributed by atoms with Gasteiger partial charge in [0, 0.05) is 12.6 Å². The Labute approximate surface area is 148 Å². The Morgan fingerprint density at radius 2 is 1.89 bits per heavy atom. The minimum Gasteiger partial charge on any atom is -0.408 e. The van der Waals surface area contributed by atoms with Crippen molar-refractivity contribution < 1.29 is 22.4 Å². The third kappa shape index (κ3) is 4.07. The third-order valence-corrected chi connectivity index (χ3v) is 3.68. The summed E-state index contributed by atoms with van der Waals surface area (Å²) < 4.78 is 44.7. The van der Waals surface area contributed by atoms with E-state index in [9.17, 15) is 27.6 Å². The highest BCUT2D eigenvalue weighted by atomic mass is 19.4. The van der Waals surface area contributed by atoms with Crippen LogP contribution in [0.1, 0.15) is 5.69 Å². The Morgan fingerprint density at radius 1 is 1.15 bits per heavy atom. The second kappa shape index (κ2) is 7.09. The second-order valence-electron chi connectivity index (χ2n) is 5.55. The van der Waals surface area contributed by atoms with E-state index in [0.29, 0.717) is 21.8 Å². The molecule has 3 rings (SSSR count). The van der Waals surface area contributed by atoms with Gasteiger partial charge in [-0.25, -0.2) is 9.48 Å². The van der Waals surface area contributed by atoms with Gasteiger partial charge in [0.25, 0.3) is 5.56 Å². The quantitative estimate of drug-likeness (QED) is 0.709. The van der Waals surface area contributed by atoms with E-state index in [4.69, 9.17) is 4.42 Å². The molecule has 0 spiro atoms. The Morgan fingerprint density at radius 3 is 2.63 bits per heavy atom. The number of nitrogens with one attached hydrogen (secondary N) is 1. The lowest BCUT2D eigenvalue weighted by Gasteiger charge is -2.10. The van der Waals surface area contributed by atoms with Gasteiger partial charge in [-0.3, -0.25) is 14.2 Å². The predicted octanol–water partition coefficient (Wildman–Crippen LogP) is 0.986. The van der Waals surface area contributed by atoms with Crippen molar-refractivity contribution in [1.82, 2.24) is 19.7 Å². The first-order chi connectivity index (χ1) is 12.8. The van der Waals surface area contributed by atoms with Gasteiger partial charge in [-0.15, -0.1) is 0 Å². The molecule has 0 aliphatic rings. The van der Waals surface area contributed by atoms with Crippen LogP contribution in [0.3, 0.4) is 0 Å². The molecule has 0 unspecified atom stereocenters. The summed E-state index contributed by atoms with van der Waals surface area (Å²) in [5.41, 5.74) is -1.16. The Bertz CT molecular complexity index is 1100. The fourth-order valence-corrected chi connectivity index (χ4v) is 2.42. The molecule has 1 N–H and O–H groups in total. The van der Waals surface area contributed by atoms with Gasteiger partial charge >= 0.3 is 11.9 Å². The third-order valence-electron chi connectivity index (χ3n) is 3.68. The number of benzene rings is 1. The van der Waals surface area contributed by atoms with Gasteiger partial charge in [-0.1, -0.05) is 12.1 Å². The summed E-state index contributed by atoms with van der Waals surface area (Å²) in [6.07, 6.45) is -4.68. The van der Waals surface area contributed by atoms with Crippen LogP contribution in [0.2, 0.25) is 0 Å². The molecule has 0 bridgehead atoms. The fraction of sp³-hybridized carbons (Fsp3) is 0.250. The molecule has 0 saturated carbocycles. The molecule has 2 aromatic heterocycles. The number of nitrogens with zero attached hydrogens (tertiary/aromatic N) is 3. The highest BCUT2D eigenvalue weighted by Gasteiger charge is 2.33. The molecule has 1 amide bonds. The van der Waals surface area contributed by atoms with E-state index >= 15 is 0 Å². The maximum absolute atomic E-state index is 12.6. The van der Waals surface area contributed by atoms with Crippen LogP contribution in [0.4, 0.5) is 13.2 Å². The van der Waals surface area contributed by atoms with Crippen LogP contribution in [-0.2, 0) is 24.1 Å². The second-order valence-corrected chi connectivity index (χ2v) is 5.55. The monoisotopic (exact) mass is 382 g/mol. The van der Waals surface area contributed by atoms with Crippen molar-refractivity contribution in [2.24, 2.45) is 0 Å². The highest BCUT2D eigenvalue weighted by Crippen LogP contribution is 2.26. The molecule has 0 aliphatic carbocycles. The van der Waals surface area contributed by atoms with Crippen LogP contribution in [0.5, 0.6) is 0 Å². The lowest BCUT2D eigenvalue weighted by Crippen LogP contribution is -2.35. The molecule has 3 aromatic rings. The van der Waals surface area contributed by atoms with E-state index in [1.165, 1.54) is 0 Å².